The minimum atomic E-state index is -0.571. The maximum Gasteiger partial charge on any atom is 0.306 e. The number of anilines is 2. The molecule has 0 heterocycles. The Labute approximate surface area is 222 Å². The van der Waals surface area contributed by atoms with E-state index in [-0.39, 0.29) is 25.2 Å². The van der Waals surface area contributed by atoms with Crippen LogP contribution in [-0.2, 0) is 19.1 Å². The lowest BCUT2D eigenvalue weighted by molar-refractivity contribution is -0.147. The molecule has 3 aromatic carbocycles. The van der Waals surface area contributed by atoms with Crippen LogP contribution in [0, 0.1) is 13.8 Å². The van der Waals surface area contributed by atoms with E-state index in [2.05, 4.69) is 16.7 Å². The number of aryl methyl sites for hydroxylation is 2. The van der Waals surface area contributed by atoms with Crippen molar-refractivity contribution in [2.24, 2.45) is 0 Å². The van der Waals surface area contributed by atoms with Crippen LogP contribution in [0.2, 0.25) is 0 Å². The Morgan fingerprint density at radius 1 is 0.711 bits per heavy atom. The molecule has 200 valence electrons. The highest BCUT2D eigenvalue weighted by Crippen LogP contribution is 2.29. The zero-order valence-corrected chi connectivity index (χ0v) is 22.0. The van der Waals surface area contributed by atoms with Gasteiger partial charge in [0.25, 0.3) is 5.91 Å². The van der Waals surface area contributed by atoms with Crippen LogP contribution >= 0.6 is 0 Å². The topological polar surface area (TPSA) is 112 Å². The fourth-order valence-corrected chi connectivity index (χ4v) is 3.67. The average Bonchev–Trinajstić information content (AvgIpc) is 2.88. The molecule has 0 atom stereocenters. The van der Waals surface area contributed by atoms with E-state index in [0.29, 0.717) is 28.6 Å². The minimum Gasteiger partial charge on any atom is -0.497 e. The summed E-state index contributed by atoms with van der Waals surface area (Å²) < 4.78 is 21.2. The number of carbonyl (C=O) groups excluding carboxylic acids is 3. The van der Waals surface area contributed by atoms with Gasteiger partial charge in [-0.15, -0.1) is 0 Å². The van der Waals surface area contributed by atoms with E-state index in [1.165, 1.54) is 14.2 Å². The van der Waals surface area contributed by atoms with Crippen molar-refractivity contribution in [2.75, 3.05) is 31.5 Å². The van der Waals surface area contributed by atoms with E-state index in [1.54, 1.807) is 42.5 Å². The molecule has 38 heavy (non-hydrogen) atoms. The van der Waals surface area contributed by atoms with E-state index in [1.807, 2.05) is 26.0 Å². The normalized spacial score (nSPS) is 10.3. The lowest BCUT2D eigenvalue weighted by Gasteiger charge is -2.12. The van der Waals surface area contributed by atoms with Gasteiger partial charge in [0.1, 0.15) is 23.0 Å². The van der Waals surface area contributed by atoms with Crippen molar-refractivity contribution in [1.29, 1.82) is 0 Å². The van der Waals surface area contributed by atoms with E-state index >= 15 is 0 Å². The van der Waals surface area contributed by atoms with E-state index in [0.717, 1.165) is 16.9 Å². The summed E-state index contributed by atoms with van der Waals surface area (Å²) in [6, 6.07) is 18.0. The lowest BCUT2D eigenvalue weighted by Crippen LogP contribution is -2.21. The van der Waals surface area contributed by atoms with Crippen LogP contribution in [0.1, 0.15) is 30.4 Å². The molecule has 0 saturated carbocycles. The molecule has 9 heteroatoms. The summed E-state index contributed by atoms with van der Waals surface area (Å²) in [7, 11) is 2.99. The number of hydrogen-bond acceptors (Lipinski definition) is 7. The molecule has 3 rings (SSSR count). The summed E-state index contributed by atoms with van der Waals surface area (Å²) in [5, 5.41) is 5.41. The highest BCUT2D eigenvalue weighted by Gasteiger charge is 2.13. The fourth-order valence-electron chi connectivity index (χ4n) is 3.67. The molecule has 0 radical (unpaired) electrons. The van der Waals surface area contributed by atoms with Gasteiger partial charge in [-0.3, -0.25) is 14.4 Å². The first kappa shape index (κ1) is 28.0. The zero-order valence-electron chi connectivity index (χ0n) is 22.0. The van der Waals surface area contributed by atoms with Crippen molar-refractivity contribution < 1.29 is 33.3 Å². The van der Waals surface area contributed by atoms with Gasteiger partial charge in [-0.2, -0.15) is 0 Å². The van der Waals surface area contributed by atoms with Crippen LogP contribution < -0.4 is 24.8 Å². The molecular weight excluding hydrogens is 488 g/mol. The Balaban J connectivity index is 1.36. The van der Waals surface area contributed by atoms with Crippen LogP contribution in [0.15, 0.2) is 60.7 Å². The average molecular weight is 521 g/mol. The Kier molecular flexibility index (Phi) is 10.1. The van der Waals surface area contributed by atoms with Crippen molar-refractivity contribution in [1.82, 2.24) is 0 Å². The molecule has 0 fully saturated rings. The Bertz CT molecular complexity index is 1250. The summed E-state index contributed by atoms with van der Waals surface area (Å²) in [6.45, 7) is 3.56. The van der Waals surface area contributed by atoms with Gasteiger partial charge in [-0.1, -0.05) is 6.07 Å². The maximum atomic E-state index is 12.2. The molecule has 0 saturated heterocycles. The lowest BCUT2D eigenvalue weighted by atomic mass is 10.1. The second-order valence-corrected chi connectivity index (χ2v) is 8.63. The van der Waals surface area contributed by atoms with Crippen LogP contribution in [0.5, 0.6) is 23.0 Å². The fraction of sp³-hybridized carbons (Fsp3) is 0.276. The van der Waals surface area contributed by atoms with Crippen molar-refractivity contribution in [3.8, 4) is 23.0 Å². The van der Waals surface area contributed by atoms with Crippen molar-refractivity contribution in [2.45, 2.75) is 33.1 Å². The van der Waals surface area contributed by atoms with Crippen LogP contribution in [-0.4, -0.2) is 38.6 Å². The van der Waals surface area contributed by atoms with Crippen molar-refractivity contribution in [3.05, 3.63) is 71.8 Å². The van der Waals surface area contributed by atoms with Gasteiger partial charge in [0.15, 0.2) is 6.61 Å². The second-order valence-electron chi connectivity index (χ2n) is 8.63. The maximum absolute atomic E-state index is 12.2. The molecule has 0 aromatic heterocycles. The number of benzene rings is 3. The largest absolute Gasteiger partial charge is 0.497 e. The summed E-state index contributed by atoms with van der Waals surface area (Å²) >= 11 is 0. The third-order valence-corrected chi connectivity index (χ3v) is 5.40. The molecule has 0 aliphatic rings. The molecular formula is C29H32N2O7. The quantitative estimate of drug-likeness (QED) is 0.307. The van der Waals surface area contributed by atoms with Crippen LogP contribution in [0.4, 0.5) is 11.4 Å². The van der Waals surface area contributed by atoms with Gasteiger partial charge < -0.3 is 29.6 Å². The van der Waals surface area contributed by atoms with Gasteiger partial charge in [-0.05, 0) is 79.9 Å². The van der Waals surface area contributed by atoms with E-state index < -0.39 is 18.5 Å². The van der Waals surface area contributed by atoms with Gasteiger partial charge in [0.2, 0.25) is 5.91 Å². The first-order chi connectivity index (χ1) is 18.2. The highest BCUT2D eigenvalue weighted by atomic mass is 16.5. The number of hydrogen-bond donors (Lipinski definition) is 2. The standard InChI is InChI=1S/C29H32N2O7/c1-19-14-20(2)16-24(15-19)38-22-10-8-21(9-11-22)30-27(32)6-5-7-29(34)37-18-28(33)31-25-17-23(35-3)12-13-26(25)36-4/h8-17H,5-7,18H2,1-4H3,(H,30,32)(H,31,33). The van der Waals surface area contributed by atoms with Gasteiger partial charge in [-0.25, -0.2) is 0 Å². The number of amides is 2. The predicted octanol–water partition coefficient (Wildman–Crippen LogP) is 5.40. The summed E-state index contributed by atoms with van der Waals surface area (Å²) in [5.41, 5.74) is 3.25. The van der Waals surface area contributed by atoms with Crippen LogP contribution in [0.25, 0.3) is 0 Å². The number of ether oxygens (including phenoxy) is 4. The molecule has 2 amide bonds. The van der Waals surface area contributed by atoms with Crippen LogP contribution in [0.3, 0.4) is 0 Å². The Morgan fingerprint density at radius 3 is 2.05 bits per heavy atom. The molecule has 0 bridgehead atoms. The SMILES string of the molecule is COc1ccc(OC)c(NC(=O)COC(=O)CCCC(=O)Nc2ccc(Oc3cc(C)cc(C)c3)cc2)c1. The minimum absolute atomic E-state index is 0.00582. The summed E-state index contributed by atoms with van der Waals surface area (Å²) in [6.07, 6.45) is 0.416. The Morgan fingerprint density at radius 2 is 1.39 bits per heavy atom. The molecule has 0 aliphatic carbocycles. The van der Waals surface area contributed by atoms with Crippen molar-refractivity contribution in [3.63, 3.8) is 0 Å². The Hall–Kier alpha value is -4.53. The third kappa shape index (κ3) is 8.85. The number of methoxy groups -OCH3 is 2. The van der Waals surface area contributed by atoms with Gasteiger partial charge >= 0.3 is 5.97 Å². The molecule has 2 N–H and O–H groups in total. The first-order valence-corrected chi connectivity index (χ1v) is 12.1. The number of rotatable bonds is 12. The van der Waals surface area contributed by atoms with Crippen molar-refractivity contribution >= 4 is 29.2 Å². The number of esters is 1. The van der Waals surface area contributed by atoms with Gasteiger partial charge in [0.05, 0.1) is 19.9 Å². The first-order valence-electron chi connectivity index (χ1n) is 12.1. The molecule has 3 aromatic rings. The second kappa shape index (κ2) is 13.7. The highest BCUT2D eigenvalue weighted by molar-refractivity contribution is 5.94. The predicted molar refractivity (Wildman–Crippen MR) is 144 cm³/mol. The molecule has 9 nitrogen and oxygen atoms in total. The van der Waals surface area contributed by atoms with E-state index in [4.69, 9.17) is 18.9 Å². The number of nitrogens with one attached hydrogen (secondary N) is 2. The molecule has 0 aliphatic heterocycles. The smallest absolute Gasteiger partial charge is 0.306 e. The summed E-state index contributed by atoms with van der Waals surface area (Å²) in [5.74, 6) is 1.07. The van der Waals surface area contributed by atoms with E-state index in [9.17, 15) is 14.4 Å². The third-order valence-electron chi connectivity index (χ3n) is 5.40. The monoisotopic (exact) mass is 520 g/mol. The zero-order chi connectivity index (χ0) is 27.5. The molecule has 0 spiro atoms. The number of carbonyl (C=O) groups is 3. The molecule has 0 unspecified atom stereocenters. The van der Waals surface area contributed by atoms with Gasteiger partial charge in [0, 0.05) is 24.6 Å². The summed E-state index contributed by atoms with van der Waals surface area (Å²) in [4.78, 5) is 36.4.